The largest absolute Gasteiger partial charge is 0.467 e. The number of β-amino-alcohol motifs (C(OH)–C–C–N with tert-alkyl or cyclic N) is 1. The lowest BCUT2D eigenvalue weighted by molar-refractivity contribution is 0.0768. The lowest BCUT2D eigenvalue weighted by atomic mass is 9.97. The normalized spacial score (nSPS) is 14.0. The molecular formula is C21H25N5O3. The maximum atomic E-state index is 12.9. The van der Waals surface area contributed by atoms with Gasteiger partial charge in [-0.1, -0.05) is 17.3 Å². The van der Waals surface area contributed by atoms with Gasteiger partial charge in [0.25, 0.3) is 5.91 Å². The van der Waals surface area contributed by atoms with E-state index in [1.807, 2.05) is 25.1 Å². The highest BCUT2D eigenvalue weighted by molar-refractivity contribution is 5.93. The number of aliphatic hydroxyl groups is 1. The lowest BCUT2D eigenvalue weighted by Crippen LogP contribution is -2.33. The molecule has 3 heterocycles. The Morgan fingerprint density at radius 2 is 2.17 bits per heavy atom. The number of aliphatic hydroxyl groups excluding tert-OH is 1. The fourth-order valence-corrected chi connectivity index (χ4v) is 3.82. The van der Waals surface area contributed by atoms with Crippen LogP contribution in [0.25, 0.3) is 5.69 Å². The van der Waals surface area contributed by atoms with Crippen LogP contribution in [0.4, 0.5) is 0 Å². The summed E-state index contributed by atoms with van der Waals surface area (Å²) in [6, 6.07) is 9.77. The molecule has 0 fully saturated rings. The summed E-state index contributed by atoms with van der Waals surface area (Å²) < 4.78 is 7.09. The zero-order valence-electron chi connectivity index (χ0n) is 16.7. The number of aromatic nitrogens is 3. The minimum Gasteiger partial charge on any atom is -0.467 e. The molecule has 1 aromatic carbocycles. The maximum Gasteiger partial charge on any atom is 0.276 e. The van der Waals surface area contributed by atoms with Gasteiger partial charge in [0.2, 0.25) is 0 Å². The van der Waals surface area contributed by atoms with Gasteiger partial charge in [-0.15, -0.1) is 5.10 Å². The van der Waals surface area contributed by atoms with Gasteiger partial charge in [0.1, 0.15) is 5.76 Å². The molecule has 4 rings (SSSR count). The molecule has 1 amide bonds. The summed E-state index contributed by atoms with van der Waals surface area (Å²) >= 11 is 0. The molecule has 0 saturated heterocycles. The number of carbonyl (C=O) groups excluding carboxylic acids is 1. The van der Waals surface area contributed by atoms with E-state index >= 15 is 0 Å². The SMILES string of the molecule is Cc1c(C(=O)N(C)Cc2ccco2)nnn1-c1cccc2c1CCN(CCO)C2. The molecule has 1 N–H and O–H groups in total. The third-order valence-corrected chi connectivity index (χ3v) is 5.38. The lowest BCUT2D eigenvalue weighted by Gasteiger charge is -2.29. The first kappa shape index (κ1) is 19.4. The first-order valence-electron chi connectivity index (χ1n) is 9.73. The average Bonchev–Trinajstić information content (AvgIpc) is 3.36. The summed E-state index contributed by atoms with van der Waals surface area (Å²) in [6.07, 6.45) is 2.46. The number of furan rings is 1. The molecule has 0 aliphatic carbocycles. The monoisotopic (exact) mass is 395 g/mol. The predicted octanol–water partition coefficient (Wildman–Crippen LogP) is 1.79. The number of amides is 1. The van der Waals surface area contributed by atoms with Crippen molar-refractivity contribution in [3.63, 3.8) is 0 Å². The van der Waals surface area contributed by atoms with Crippen molar-refractivity contribution in [3.05, 3.63) is 64.9 Å². The van der Waals surface area contributed by atoms with Crippen LogP contribution in [0, 0.1) is 6.92 Å². The highest BCUT2D eigenvalue weighted by Gasteiger charge is 2.24. The second-order valence-corrected chi connectivity index (χ2v) is 7.34. The third kappa shape index (κ3) is 3.81. The van der Waals surface area contributed by atoms with Gasteiger partial charge in [-0.2, -0.15) is 0 Å². The fourth-order valence-electron chi connectivity index (χ4n) is 3.82. The van der Waals surface area contributed by atoms with E-state index < -0.39 is 0 Å². The van der Waals surface area contributed by atoms with Crippen molar-refractivity contribution in [2.24, 2.45) is 0 Å². The predicted molar refractivity (Wildman–Crippen MR) is 107 cm³/mol. The first-order valence-corrected chi connectivity index (χ1v) is 9.73. The molecule has 0 radical (unpaired) electrons. The van der Waals surface area contributed by atoms with E-state index in [0.29, 0.717) is 24.5 Å². The van der Waals surface area contributed by atoms with E-state index in [0.717, 1.165) is 31.0 Å². The van der Waals surface area contributed by atoms with Crippen molar-refractivity contribution in [3.8, 4) is 5.69 Å². The Morgan fingerprint density at radius 3 is 2.93 bits per heavy atom. The van der Waals surface area contributed by atoms with Crippen LogP contribution in [0.3, 0.4) is 0 Å². The highest BCUT2D eigenvalue weighted by Crippen LogP contribution is 2.26. The maximum absolute atomic E-state index is 12.9. The molecule has 0 atom stereocenters. The van der Waals surface area contributed by atoms with E-state index in [1.54, 1.807) is 29.0 Å². The Morgan fingerprint density at radius 1 is 1.31 bits per heavy atom. The molecule has 0 saturated carbocycles. The van der Waals surface area contributed by atoms with Crippen molar-refractivity contribution in [2.45, 2.75) is 26.4 Å². The molecule has 1 aliphatic heterocycles. The summed E-state index contributed by atoms with van der Waals surface area (Å²) in [5.74, 6) is 0.527. The van der Waals surface area contributed by atoms with Crippen LogP contribution in [-0.2, 0) is 19.5 Å². The number of fused-ring (bicyclic) bond motifs is 1. The summed E-state index contributed by atoms with van der Waals surface area (Å²) in [7, 11) is 1.73. The minimum absolute atomic E-state index is 0.161. The van der Waals surface area contributed by atoms with Crippen LogP contribution in [-0.4, -0.2) is 62.6 Å². The van der Waals surface area contributed by atoms with Crippen LogP contribution in [0.15, 0.2) is 41.0 Å². The van der Waals surface area contributed by atoms with Gasteiger partial charge >= 0.3 is 0 Å². The molecule has 0 unspecified atom stereocenters. The van der Waals surface area contributed by atoms with Gasteiger partial charge in [0.15, 0.2) is 5.69 Å². The summed E-state index contributed by atoms with van der Waals surface area (Å²) in [5.41, 5.74) is 4.46. The number of carbonyl (C=O) groups is 1. The van der Waals surface area contributed by atoms with E-state index in [2.05, 4.69) is 21.3 Å². The van der Waals surface area contributed by atoms with E-state index in [1.165, 1.54) is 11.1 Å². The van der Waals surface area contributed by atoms with Crippen molar-refractivity contribution >= 4 is 5.91 Å². The molecule has 0 bridgehead atoms. The number of hydrogen-bond donors (Lipinski definition) is 1. The van der Waals surface area contributed by atoms with Crippen LogP contribution in [0.1, 0.15) is 33.1 Å². The Kier molecular flexibility index (Phi) is 5.46. The quantitative estimate of drug-likeness (QED) is 0.685. The molecule has 0 spiro atoms. The van der Waals surface area contributed by atoms with Gasteiger partial charge in [-0.05, 0) is 42.7 Å². The molecule has 3 aromatic rings. The Balaban J connectivity index is 1.59. The van der Waals surface area contributed by atoms with Gasteiger partial charge in [0.05, 0.1) is 30.8 Å². The second kappa shape index (κ2) is 8.18. The Bertz CT molecular complexity index is 996. The van der Waals surface area contributed by atoms with Crippen molar-refractivity contribution in [1.82, 2.24) is 24.8 Å². The summed E-state index contributed by atoms with van der Waals surface area (Å²) in [4.78, 5) is 16.7. The molecule has 1 aliphatic rings. The zero-order valence-corrected chi connectivity index (χ0v) is 16.7. The zero-order chi connectivity index (χ0) is 20.4. The number of rotatable bonds is 6. The van der Waals surface area contributed by atoms with E-state index in [-0.39, 0.29) is 12.5 Å². The van der Waals surface area contributed by atoms with Crippen LogP contribution in [0.2, 0.25) is 0 Å². The third-order valence-electron chi connectivity index (χ3n) is 5.38. The minimum atomic E-state index is -0.191. The summed E-state index contributed by atoms with van der Waals surface area (Å²) in [6.45, 7) is 4.76. The molecule has 2 aromatic heterocycles. The molecule has 8 nitrogen and oxygen atoms in total. The van der Waals surface area contributed by atoms with E-state index in [9.17, 15) is 9.90 Å². The molecular weight excluding hydrogens is 370 g/mol. The van der Waals surface area contributed by atoms with Gasteiger partial charge in [-0.25, -0.2) is 4.68 Å². The number of benzene rings is 1. The topological polar surface area (TPSA) is 87.6 Å². The van der Waals surface area contributed by atoms with Gasteiger partial charge < -0.3 is 14.4 Å². The second-order valence-electron chi connectivity index (χ2n) is 7.34. The molecule has 29 heavy (non-hydrogen) atoms. The Hall–Kier alpha value is -2.97. The van der Waals surface area contributed by atoms with Crippen molar-refractivity contribution in [1.29, 1.82) is 0 Å². The van der Waals surface area contributed by atoms with Gasteiger partial charge in [-0.3, -0.25) is 9.69 Å². The smallest absolute Gasteiger partial charge is 0.276 e. The molecule has 8 heteroatoms. The summed E-state index contributed by atoms with van der Waals surface area (Å²) in [5, 5.41) is 17.7. The Labute approximate surface area is 169 Å². The first-order chi connectivity index (χ1) is 14.1. The standard InChI is InChI=1S/C21H25N5O3/c1-15-20(21(28)24(2)14-17-6-4-12-29-17)22-23-26(15)19-7-3-5-16-13-25(10-11-27)9-8-18(16)19/h3-7,12,27H,8-11,13-14H2,1-2H3. The number of nitrogens with zero attached hydrogens (tertiary/aromatic N) is 5. The van der Waals surface area contributed by atoms with Crippen LogP contribution >= 0.6 is 0 Å². The van der Waals surface area contributed by atoms with Gasteiger partial charge in [0, 0.05) is 26.7 Å². The highest BCUT2D eigenvalue weighted by atomic mass is 16.3. The fraction of sp³-hybridized carbons (Fsp3) is 0.381. The van der Waals surface area contributed by atoms with Crippen LogP contribution < -0.4 is 0 Å². The average molecular weight is 395 g/mol. The van der Waals surface area contributed by atoms with Crippen molar-refractivity contribution < 1.29 is 14.3 Å². The number of hydrogen-bond acceptors (Lipinski definition) is 6. The molecule has 152 valence electrons. The van der Waals surface area contributed by atoms with E-state index in [4.69, 9.17) is 4.42 Å². The van der Waals surface area contributed by atoms with Crippen LogP contribution in [0.5, 0.6) is 0 Å². The van der Waals surface area contributed by atoms with Crippen molar-refractivity contribution in [2.75, 3.05) is 26.7 Å².